The highest BCUT2D eigenvalue weighted by Gasteiger charge is 2.20. The largest absolute Gasteiger partial charge is 0.358 e. The van der Waals surface area contributed by atoms with Crippen LogP contribution in [0, 0.1) is 11.8 Å². The molecular formula is C16H26ClN3. The van der Waals surface area contributed by atoms with Gasteiger partial charge in [-0.05, 0) is 42.9 Å². The molecule has 1 saturated carbocycles. The number of hydrogen-bond acceptors (Lipinski definition) is 3. The summed E-state index contributed by atoms with van der Waals surface area (Å²) in [7, 11) is 2.09. The molecule has 0 saturated heterocycles. The first-order valence-corrected chi connectivity index (χ1v) is 8.00. The standard InChI is InChI=1S/C16H26ClN3/c1-12(2)8-18-9-14-7-15(17)16(19-10-14)20(3)11-13-5-4-6-13/h7,10,12-13,18H,4-6,8-9,11H2,1-3H3. The topological polar surface area (TPSA) is 28.2 Å². The summed E-state index contributed by atoms with van der Waals surface area (Å²) in [5.41, 5.74) is 1.15. The molecule has 0 atom stereocenters. The Morgan fingerprint density at radius 2 is 2.20 bits per heavy atom. The molecule has 0 spiro atoms. The van der Waals surface area contributed by atoms with Gasteiger partial charge in [0.2, 0.25) is 0 Å². The van der Waals surface area contributed by atoms with Crippen molar-refractivity contribution in [1.82, 2.24) is 10.3 Å². The van der Waals surface area contributed by atoms with Crippen LogP contribution in [-0.4, -0.2) is 25.1 Å². The minimum absolute atomic E-state index is 0.659. The van der Waals surface area contributed by atoms with Crippen molar-refractivity contribution in [2.24, 2.45) is 11.8 Å². The minimum atomic E-state index is 0.659. The van der Waals surface area contributed by atoms with Gasteiger partial charge in [0.05, 0.1) is 5.02 Å². The quantitative estimate of drug-likeness (QED) is 0.831. The Balaban J connectivity index is 1.90. The van der Waals surface area contributed by atoms with Crippen LogP contribution in [0.5, 0.6) is 0 Å². The fourth-order valence-corrected chi connectivity index (χ4v) is 2.84. The predicted octanol–water partition coefficient (Wildman–Crippen LogP) is 3.72. The summed E-state index contributed by atoms with van der Waals surface area (Å²) in [5, 5.41) is 4.18. The van der Waals surface area contributed by atoms with Gasteiger partial charge >= 0.3 is 0 Å². The van der Waals surface area contributed by atoms with Crippen LogP contribution in [0.25, 0.3) is 0 Å². The van der Waals surface area contributed by atoms with Gasteiger partial charge in [-0.2, -0.15) is 0 Å². The van der Waals surface area contributed by atoms with Crippen molar-refractivity contribution in [2.45, 2.75) is 39.7 Å². The maximum Gasteiger partial charge on any atom is 0.147 e. The summed E-state index contributed by atoms with van der Waals surface area (Å²) < 4.78 is 0. The van der Waals surface area contributed by atoms with E-state index in [-0.39, 0.29) is 0 Å². The molecule has 1 fully saturated rings. The highest BCUT2D eigenvalue weighted by atomic mass is 35.5. The number of anilines is 1. The van der Waals surface area contributed by atoms with E-state index in [9.17, 15) is 0 Å². The zero-order valence-electron chi connectivity index (χ0n) is 12.8. The maximum atomic E-state index is 6.38. The van der Waals surface area contributed by atoms with Crippen LogP contribution >= 0.6 is 11.6 Å². The van der Waals surface area contributed by atoms with Gasteiger partial charge in [0.15, 0.2) is 0 Å². The average molecular weight is 296 g/mol. The molecule has 1 aliphatic carbocycles. The Kier molecular flexibility index (Phi) is 5.67. The van der Waals surface area contributed by atoms with Crippen LogP contribution in [0.4, 0.5) is 5.82 Å². The molecule has 20 heavy (non-hydrogen) atoms. The van der Waals surface area contributed by atoms with E-state index in [4.69, 9.17) is 11.6 Å². The fraction of sp³-hybridized carbons (Fsp3) is 0.688. The molecule has 112 valence electrons. The highest BCUT2D eigenvalue weighted by molar-refractivity contribution is 6.33. The van der Waals surface area contributed by atoms with Gasteiger partial charge in [0, 0.05) is 26.3 Å². The van der Waals surface area contributed by atoms with Crippen molar-refractivity contribution in [2.75, 3.05) is 25.0 Å². The van der Waals surface area contributed by atoms with E-state index in [2.05, 4.69) is 36.1 Å². The van der Waals surface area contributed by atoms with Crippen molar-refractivity contribution in [3.05, 3.63) is 22.8 Å². The third-order valence-corrected chi connectivity index (χ3v) is 4.16. The van der Waals surface area contributed by atoms with Crippen LogP contribution in [0.1, 0.15) is 38.7 Å². The Hall–Kier alpha value is -0.800. The summed E-state index contributed by atoms with van der Waals surface area (Å²) in [4.78, 5) is 6.73. The van der Waals surface area contributed by atoms with Gasteiger partial charge in [-0.15, -0.1) is 0 Å². The van der Waals surface area contributed by atoms with Crippen LogP contribution < -0.4 is 10.2 Å². The zero-order chi connectivity index (χ0) is 14.5. The van der Waals surface area contributed by atoms with Gasteiger partial charge < -0.3 is 10.2 Å². The lowest BCUT2D eigenvalue weighted by Crippen LogP contribution is -2.30. The smallest absolute Gasteiger partial charge is 0.147 e. The summed E-state index contributed by atoms with van der Waals surface area (Å²) in [6, 6.07) is 2.04. The molecule has 4 heteroatoms. The fourth-order valence-electron chi connectivity index (χ4n) is 2.50. The molecule has 0 unspecified atom stereocenters. The molecule has 1 aliphatic rings. The Morgan fingerprint density at radius 1 is 1.45 bits per heavy atom. The lowest BCUT2D eigenvalue weighted by Gasteiger charge is -2.31. The summed E-state index contributed by atoms with van der Waals surface area (Å²) in [5.74, 6) is 2.39. The molecule has 1 aromatic rings. The van der Waals surface area contributed by atoms with Crippen molar-refractivity contribution in [3.63, 3.8) is 0 Å². The summed E-state index contributed by atoms with van der Waals surface area (Å²) in [6.07, 6.45) is 6.00. The molecule has 0 amide bonds. The molecule has 0 aromatic carbocycles. The molecule has 1 N–H and O–H groups in total. The lowest BCUT2D eigenvalue weighted by atomic mass is 9.85. The Morgan fingerprint density at radius 3 is 2.75 bits per heavy atom. The summed E-state index contributed by atoms with van der Waals surface area (Å²) >= 11 is 6.38. The van der Waals surface area contributed by atoms with E-state index in [1.165, 1.54) is 19.3 Å². The van der Waals surface area contributed by atoms with Crippen LogP contribution in [-0.2, 0) is 6.54 Å². The average Bonchev–Trinajstić information content (AvgIpc) is 2.33. The van der Waals surface area contributed by atoms with Crippen molar-refractivity contribution < 1.29 is 0 Å². The molecule has 1 heterocycles. The second-order valence-electron chi connectivity index (χ2n) is 6.35. The van der Waals surface area contributed by atoms with Gasteiger partial charge in [-0.3, -0.25) is 0 Å². The highest BCUT2D eigenvalue weighted by Crippen LogP contribution is 2.30. The minimum Gasteiger partial charge on any atom is -0.358 e. The predicted molar refractivity (Wildman–Crippen MR) is 86.4 cm³/mol. The van der Waals surface area contributed by atoms with E-state index in [1.54, 1.807) is 0 Å². The number of nitrogens with one attached hydrogen (secondary N) is 1. The van der Waals surface area contributed by atoms with E-state index in [0.717, 1.165) is 42.0 Å². The monoisotopic (exact) mass is 295 g/mol. The molecule has 0 aliphatic heterocycles. The van der Waals surface area contributed by atoms with Gasteiger partial charge in [-0.25, -0.2) is 4.98 Å². The Bertz CT molecular complexity index is 430. The van der Waals surface area contributed by atoms with Crippen LogP contribution in [0.2, 0.25) is 5.02 Å². The number of halogens is 1. The van der Waals surface area contributed by atoms with Crippen molar-refractivity contribution in [3.8, 4) is 0 Å². The molecule has 3 nitrogen and oxygen atoms in total. The van der Waals surface area contributed by atoms with E-state index >= 15 is 0 Å². The molecule has 0 bridgehead atoms. The van der Waals surface area contributed by atoms with Crippen molar-refractivity contribution in [1.29, 1.82) is 0 Å². The third-order valence-electron chi connectivity index (χ3n) is 3.88. The molecule has 1 aromatic heterocycles. The number of rotatable bonds is 7. The first-order valence-electron chi connectivity index (χ1n) is 7.62. The third kappa shape index (κ3) is 4.35. The van der Waals surface area contributed by atoms with E-state index in [0.29, 0.717) is 5.92 Å². The SMILES string of the molecule is CC(C)CNCc1cnc(N(C)CC2CCC2)c(Cl)c1. The lowest BCUT2D eigenvalue weighted by molar-refractivity contribution is 0.321. The van der Waals surface area contributed by atoms with Crippen molar-refractivity contribution >= 4 is 17.4 Å². The number of nitrogens with zero attached hydrogens (tertiary/aromatic N) is 2. The van der Waals surface area contributed by atoms with Gasteiger partial charge in [-0.1, -0.05) is 31.9 Å². The normalized spacial score (nSPS) is 15.4. The molecular weight excluding hydrogens is 270 g/mol. The number of pyridine rings is 1. The van der Waals surface area contributed by atoms with E-state index < -0.39 is 0 Å². The van der Waals surface area contributed by atoms with Gasteiger partial charge in [0.1, 0.15) is 5.82 Å². The number of hydrogen-bond donors (Lipinski definition) is 1. The molecule has 0 radical (unpaired) electrons. The Labute approximate surface area is 127 Å². The van der Waals surface area contributed by atoms with Crippen LogP contribution in [0.3, 0.4) is 0 Å². The second kappa shape index (κ2) is 7.28. The van der Waals surface area contributed by atoms with Gasteiger partial charge in [0.25, 0.3) is 0 Å². The first-order chi connectivity index (χ1) is 9.56. The van der Waals surface area contributed by atoms with E-state index in [1.807, 2.05) is 12.3 Å². The first kappa shape index (κ1) is 15.6. The summed E-state index contributed by atoms with van der Waals surface area (Å²) in [6.45, 7) is 7.32. The second-order valence-corrected chi connectivity index (χ2v) is 6.76. The molecule has 2 rings (SSSR count). The number of aromatic nitrogens is 1. The van der Waals surface area contributed by atoms with Crippen LogP contribution in [0.15, 0.2) is 12.3 Å². The maximum absolute atomic E-state index is 6.38. The zero-order valence-corrected chi connectivity index (χ0v) is 13.6.